The Morgan fingerprint density at radius 2 is 2.31 bits per heavy atom. The van der Waals surface area contributed by atoms with E-state index in [1.54, 1.807) is 0 Å². The van der Waals surface area contributed by atoms with Crippen LogP contribution in [0.5, 0.6) is 0 Å². The molecule has 0 aliphatic carbocycles. The second-order valence-corrected chi connectivity index (χ2v) is 7.37. The summed E-state index contributed by atoms with van der Waals surface area (Å²) < 4.78 is 1.35. The van der Waals surface area contributed by atoms with E-state index in [4.69, 9.17) is 0 Å². The summed E-state index contributed by atoms with van der Waals surface area (Å²) in [5.74, 6) is 0. The highest BCUT2D eigenvalue weighted by molar-refractivity contribution is 14.1. The predicted octanol–water partition coefficient (Wildman–Crippen LogP) is 4.50. The van der Waals surface area contributed by atoms with Gasteiger partial charge in [-0.25, -0.2) is 0 Å². The Kier molecular flexibility index (Phi) is 4.81. The SMILES string of the molecule is CCCNC(c1csc(I)c1)c1cccs1. The van der Waals surface area contributed by atoms with Gasteiger partial charge in [0.2, 0.25) is 0 Å². The molecule has 1 atom stereocenters. The highest BCUT2D eigenvalue weighted by atomic mass is 127. The van der Waals surface area contributed by atoms with Crippen LogP contribution in [-0.4, -0.2) is 6.54 Å². The fourth-order valence-corrected chi connectivity index (χ4v) is 3.83. The number of thiophene rings is 2. The van der Waals surface area contributed by atoms with E-state index in [9.17, 15) is 0 Å². The quantitative estimate of drug-likeness (QED) is 0.772. The first-order valence-corrected chi connectivity index (χ1v) is 8.15. The average molecular weight is 363 g/mol. The van der Waals surface area contributed by atoms with Crippen molar-refractivity contribution in [3.63, 3.8) is 0 Å². The maximum absolute atomic E-state index is 3.62. The van der Waals surface area contributed by atoms with E-state index in [1.165, 1.54) is 19.7 Å². The molecule has 0 radical (unpaired) electrons. The van der Waals surface area contributed by atoms with Gasteiger partial charge < -0.3 is 5.32 Å². The Morgan fingerprint density at radius 1 is 1.44 bits per heavy atom. The molecule has 1 nitrogen and oxygen atoms in total. The van der Waals surface area contributed by atoms with Gasteiger partial charge in [0, 0.05) is 4.88 Å². The summed E-state index contributed by atoms with van der Waals surface area (Å²) in [4.78, 5) is 1.41. The third kappa shape index (κ3) is 3.06. The fraction of sp³-hybridized carbons (Fsp3) is 0.333. The molecule has 1 N–H and O–H groups in total. The Balaban J connectivity index is 2.21. The minimum Gasteiger partial charge on any atom is -0.306 e. The van der Waals surface area contributed by atoms with Gasteiger partial charge in [0.15, 0.2) is 0 Å². The highest BCUT2D eigenvalue weighted by Crippen LogP contribution is 2.29. The molecule has 2 aromatic rings. The Bertz CT molecular complexity index is 422. The Morgan fingerprint density at radius 3 is 2.88 bits per heavy atom. The molecule has 86 valence electrons. The lowest BCUT2D eigenvalue weighted by Gasteiger charge is -2.15. The molecule has 0 saturated carbocycles. The van der Waals surface area contributed by atoms with E-state index in [0.29, 0.717) is 6.04 Å². The van der Waals surface area contributed by atoms with Crippen molar-refractivity contribution in [2.75, 3.05) is 6.54 Å². The third-order valence-electron chi connectivity index (χ3n) is 2.35. The maximum Gasteiger partial charge on any atom is 0.0679 e. The van der Waals surface area contributed by atoms with Gasteiger partial charge in [-0.15, -0.1) is 22.7 Å². The molecule has 2 heterocycles. The molecular weight excluding hydrogens is 349 g/mol. The van der Waals surface area contributed by atoms with Crippen LogP contribution in [0.3, 0.4) is 0 Å². The zero-order valence-corrected chi connectivity index (χ0v) is 12.9. The van der Waals surface area contributed by atoms with Crippen LogP contribution >= 0.6 is 45.3 Å². The molecule has 4 heteroatoms. The van der Waals surface area contributed by atoms with Gasteiger partial charge >= 0.3 is 0 Å². The molecule has 2 rings (SSSR count). The molecule has 2 aromatic heterocycles. The molecule has 0 aromatic carbocycles. The van der Waals surface area contributed by atoms with Gasteiger partial charge in [0.1, 0.15) is 0 Å². The Labute approximate surface area is 118 Å². The summed E-state index contributed by atoms with van der Waals surface area (Å²) in [5, 5.41) is 8.02. The van der Waals surface area contributed by atoms with Crippen molar-refractivity contribution in [3.8, 4) is 0 Å². The first-order valence-electron chi connectivity index (χ1n) is 5.32. The monoisotopic (exact) mass is 363 g/mol. The normalized spacial score (nSPS) is 12.9. The minimum atomic E-state index is 0.375. The maximum atomic E-state index is 3.62. The predicted molar refractivity (Wildman–Crippen MR) is 81.5 cm³/mol. The van der Waals surface area contributed by atoms with E-state index in [2.05, 4.69) is 63.8 Å². The molecule has 0 spiro atoms. The second kappa shape index (κ2) is 6.14. The lowest BCUT2D eigenvalue weighted by Crippen LogP contribution is -2.21. The minimum absolute atomic E-state index is 0.375. The number of nitrogens with one attached hydrogen (secondary N) is 1. The zero-order chi connectivity index (χ0) is 11.4. The first-order chi connectivity index (χ1) is 7.81. The number of hydrogen-bond donors (Lipinski definition) is 1. The van der Waals surface area contributed by atoms with E-state index in [0.717, 1.165) is 6.54 Å². The van der Waals surface area contributed by atoms with Gasteiger partial charge in [-0.3, -0.25) is 0 Å². The van der Waals surface area contributed by atoms with E-state index >= 15 is 0 Å². The van der Waals surface area contributed by atoms with E-state index in [1.807, 2.05) is 22.7 Å². The fourth-order valence-electron chi connectivity index (χ4n) is 1.60. The van der Waals surface area contributed by atoms with Crippen LogP contribution < -0.4 is 5.32 Å². The van der Waals surface area contributed by atoms with Crippen LogP contribution in [0, 0.1) is 2.88 Å². The summed E-state index contributed by atoms with van der Waals surface area (Å²) in [7, 11) is 0. The molecule has 0 amide bonds. The Hall–Kier alpha value is 0.0900. The lowest BCUT2D eigenvalue weighted by atomic mass is 10.1. The van der Waals surface area contributed by atoms with Gasteiger partial charge in [-0.2, -0.15) is 0 Å². The zero-order valence-electron chi connectivity index (χ0n) is 9.07. The van der Waals surface area contributed by atoms with E-state index < -0.39 is 0 Å². The van der Waals surface area contributed by atoms with E-state index in [-0.39, 0.29) is 0 Å². The summed E-state index contributed by atoms with van der Waals surface area (Å²) in [6.07, 6.45) is 1.17. The second-order valence-electron chi connectivity index (χ2n) is 3.59. The number of hydrogen-bond acceptors (Lipinski definition) is 3. The van der Waals surface area contributed by atoms with Crippen LogP contribution in [0.1, 0.15) is 29.8 Å². The summed E-state index contributed by atoms with van der Waals surface area (Å²) in [6, 6.07) is 6.98. The largest absolute Gasteiger partial charge is 0.306 e. The van der Waals surface area contributed by atoms with Crippen LogP contribution in [0.15, 0.2) is 29.0 Å². The van der Waals surface area contributed by atoms with Crippen LogP contribution in [0.2, 0.25) is 0 Å². The van der Waals surface area contributed by atoms with Gasteiger partial charge in [0.05, 0.1) is 8.93 Å². The van der Waals surface area contributed by atoms with Gasteiger partial charge in [0.25, 0.3) is 0 Å². The summed E-state index contributed by atoms with van der Waals surface area (Å²) in [6.45, 7) is 3.27. The van der Waals surface area contributed by atoms with Crippen LogP contribution in [0.4, 0.5) is 0 Å². The molecule has 0 bridgehead atoms. The van der Waals surface area contributed by atoms with Crippen LogP contribution in [-0.2, 0) is 0 Å². The number of rotatable bonds is 5. The van der Waals surface area contributed by atoms with Crippen molar-refractivity contribution in [1.82, 2.24) is 5.32 Å². The summed E-state index contributed by atoms with van der Waals surface area (Å²) >= 11 is 6.02. The van der Waals surface area contributed by atoms with Crippen molar-refractivity contribution >= 4 is 45.3 Å². The topological polar surface area (TPSA) is 12.0 Å². The van der Waals surface area contributed by atoms with Crippen molar-refractivity contribution < 1.29 is 0 Å². The smallest absolute Gasteiger partial charge is 0.0679 e. The molecule has 0 aliphatic rings. The van der Waals surface area contributed by atoms with Gasteiger partial charge in [-0.1, -0.05) is 13.0 Å². The van der Waals surface area contributed by atoms with Crippen molar-refractivity contribution in [2.24, 2.45) is 0 Å². The summed E-state index contributed by atoms with van der Waals surface area (Å²) in [5.41, 5.74) is 1.39. The molecule has 0 fully saturated rings. The molecule has 16 heavy (non-hydrogen) atoms. The van der Waals surface area contributed by atoms with Crippen molar-refractivity contribution in [1.29, 1.82) is 0 Å². The molecular formula is C12H14INS2. The lowest BCUT2D eigenvalue weighted by molar-refractivity contribution is 0.607. The van der Waals surface area contributed by atoms with Crippen molar-refractivity contribution in [2.45, 2.75) is 19.4 Å². The highest BCUT2D eigenvalue weighted by Gasteiger charge is 2.15. The van der Waals surface area contributed by atoms with Crippen molar-refractivity contribution in [3.05, 3.63) is 42.3 Å². The standard InChI is InChI=1S/C12H14INS2/c1-2-5-14-12(10-4-3-6-15-10)9-7-11(13)16-8-9/h3-4,6-8,12,14H,2,5H2,1H3. The first kappa shape index (κ1) is 12.5. The van der Waals surface area contributed by atoms with Gasteiger partial charge in [-0.05, 0) is 64.0 Å². The molecule has 0 saturated heterocycles. The average Bonchev–Trinajstić information content (AvgIpc) is 2.91. The number of halogens is 1. The molecule has 0 aliphatic heterocycles. The molecule has 1 unspecified atom stereocenters. The van der Waals surface area contributed by atoms with Crippen LogP contribution in [0.25, 0.3) is 0 Å². The third-order valence-corrected chi connectivity index (χ3v) is 5.09.